The van der Waals surface area contributed by atoms with E-state index < -0.39 is 23.6 Å². The number of nitrogens with one attached hydrogen (secondary N) is 1. The molecule has 6 heteroatoms. The lowest BCUT2D eigenvalue weighted by atomic mass is 10.1. The Kier molecular flexibility index (Phi) is 4.75. The fourth-order valence-corrected chi connectivity index (χ4v) is 2.01. The van der Waals surface area contributed by atoms with Crippen LogP contribution in [0.1, 0.15) is 11.6 Å². The largest absolute Gasteiger partial charge is 0.467 e. The summed E-state index contributed by atoms with van der Waals surface area (Å²) in [6.07, 6.45) is 0. The lowest BCUT2D eigenvalue weighted by Crippen LogP contribution is -2.22. The molecule has 0 saturated carbocycles. The minimum atomic E-state index is -1.04. The van der Waals surface area contributed by atoms with Gasteiger partial charge in [0.1, 0.15) is 0 Å². The fraction of sp³-hybridized carbons (Fsp3) is 0.133. The van der Waals surface area contributed by atoms with Crippen LogP contribution in [-0.2, 0) is 9.53 Å². The lowest BCUT2D eigenvalue weighted by Gasteiger charge is -2.19. The van der Waals surface area contributed by atoms with E-state index in [1.807, 2.05) is 0 Å². The molecule has 3 nitrogen and oxygen atoms in total. The molecule has 110 valence electrons. The van der Waals surface area contributed by atoms with E-state index in [1.165, 1.54) is 13.2 Å². The van der Waals surface area contributed by atoms with Crippen molar-refractivity contribution in [2.24, 2.45) is 0 Å². The van der Waals surface area contributed by atoms with Crippen LogP contribution in [0.3, 0.4) is 0 Å². The zero-order valence-corrected chi connectivity index (χ0v) is 11.8. The number of halogens is 3. The third-order valence-electron chi connectivity index (χ3n) is 2.89. The minimum Gasteiger partial charge on any atom is -0.467 e. The number of hydrogen-bond donors (Lipinski definition) is 1. The van der Waals surface area contributed by atoms with E-state index in [1.54, 1.807) is 24.3 Å². The van der Waals surface area contributed by atoms with Crippen LogP contribution in [0.2, 0.25) is 5.02 Å². The summed E-state index contributed by atoms with van der Waals surface area (Å²) < 4.78 is 31.0. The smallest absolute Gasteiger partial charge is 0.332 e. The standard InChI is InChI=1S/C15H12ClF2NO2/c1-21-15(20)14(9-6-7-11(17)12(18)8-9)19-13-5-3-2-4-10(13)16/h2-8,14,19H,1H3. The van der Waals surface area contributed by atoms with Crippen molar-refractivity contribution >= 4 is 23.3 Å². The van der Waals surface area contributed by atoms with Crippen molar-refractivity contribution in [3.63, 3.8) is 0 Å². The summed E-state index contributed by atoms with van der Waals surface area (Å²) >= 11 is 6.01. The molecule has 0 aliphatic heterocycles. The van der Waals surface area contributed by atoms with Crippen LogP contribution in [-0.4, -0.2) is 13.1 Å². The SMILES string of the molecule is COC(=O)C(Nc1ccccc1Cl)c1ccc(F)c(F)c1. The molecule has 0 radical (unpaired) electrons. The number of para-hydroxylation sites is 1. The van der Waals surface area contributed by atoms with Crippen LogP contribution in [0.25, 0.3) is 0 Å². The molecule has 0 fully saturated rings. The molecule has 0 amide bonds. The summed E-state index contributed by atoms with van der Waals surface area (Å²) in [7, 11) is 1.21. The second kappa shape index (κ2) is 6.54. The summed E-state index contributed by atoms with van der Waals surface area (Å²) in [6, 6.07) is 8.98. The Labute approximate surface area is 125 Å². The molecular formula is C15H12ClF2NO2. The molecule has 2 aromatic rings. The number of methoxy groups -OCH3 is 1. The van der Waals surface area contributed by atoms with Crippen molar-refractivity contribution in [1.29, 1.82) is 0 Å². The molecular weight excluding hydrogens is 300 g/mol. The first-order valence-electron chi connectivity index (χ1n) is 6.06. The molecule has 0 aromatic heterocycles. The van der Waals surface area contributed by atoms with Crippen LogP contribution in [0.4, 0.5) is 14.5 Å². The zero-order valence-electron chi connectivity index (χ0n) is 11.1. The molecule has 0 aliphatic carbocycles. The normalized spacial score (nSPS) is 11.8. The second-order valence-corrected chi connectivity index (χ2v) is 4.66. The van der Waals surface area contributed by atoms with Crippen molar-refractivity contribution in [1.82, 2.24) is 0 Å². The highest BCUT2D eigenvalue weighted by atomic mass is 35.5. The van der Waals surface area contributed by atoms with Crippen LogP contribution in [0, 0.1) is 11.6 Å². The lowest BCUT2D eigenvalue weighted by molar-refractivity contribution is -0.141. The molecule has 1 N–H and O–H groups in total. The molecule has 2 rings (SSSR count). The number of hydrogen-bond acceptors (Lipinski definition) is 3. The second-order valence-electron chi connectivity index (χ2n) is 4.25. The van der Waals surface area contributed by atoms with Crippen LogP contribution < -0.4 is 5.32 Å². The Morgan fingerprint density at radius 3 is 2.52 bits per heavy atom. The Morgan fingerprint density at radius 1 is 1.19 bits per heavy atom. The Bertz CT molecular complexity index is 664. The predicted molar refractivity (Wildman–Crippen MR) is 76.2 cm³/mol. The van der Waals surface area contributed by atoms with Crippen molar-refractivity contribution in [2.45, 2.75) is 6.04 Å². The first-order chi connectivity index (χ1) is 10.0. The van der Waals surface area contributed by atoms with Gasteiger partial charge in [-0.25, -0.2) is 13.6 Å². The quantitative estimate of drug-likeness (QED) is 0.869. The molecule has 0 bridgehead atoms. The van der Waals surface area contributed by atoms with Gasteiger partial charge in [-0.3, -0.25) is 0 Å². The number of rotatable bonds is 4. The van der Waals surface area contributed by atoms with Gasteiger partial charge in [-0.1, -0.05) is 29.8 Å². The summed E-state index contributed by atoms with van der Waals surface area (Å²) in [5.41, 5.74) is 0.722. The van der Waals surface area contributed by atoms with Crippen molar-refractivity contribution < 1.29 is 18.3 Å². The molecule has 21 heavy (non-hydrogen) atoms. The third kappa shape index (κ3) is 3.49. The van der Waals surface area contributed by atoms with Gasteiger partial charge < -0.3 is 10.1 Å². The van der Waals surface area contributed by atoms with Gasteiger partial charge in [0.2, 0.25) is 0 Å². The molecule has 0 heterocycles. The Hall–Kier alpha value is -2.14. The van der Waals surface area contributed by atoms with Gasteiger partial charge in [-0.2, -0.15) is 0 Å². The molecule has 1 unspecified atom stereocenters. The third-order valence-corrected chi connectivity index (χ3v) is 3.22. The predicted octanol–water partition coefficient (Wildman–Crippen LogP) is 3.94. The molecule has 0 aliphatic rings. The van der Waals surface area contributed by atoms with Gasteiger partial charge in [-0.15, -0.1) is 0 Å². The van der Waals surface area contributed by atoms with E-state index in [0.717, 1.165) is 12.1 Å². The maximum Gasteiger partial charge on any atom is 0.332 e. The fourth-order valence-electron chi connectivity index (χ4n) is 1.82. The van der Waals surface area contributed by atoms with Crippen LogP contribution in [0.15, 0.2) is 42.5 Å². The number of ether oxygens (including phenoxy) is 1. The minimum absolute atomic E-state index is 0.237. The number of carbonyl (C=O) groups is 1. The average Bonchev–Trinajstić information content (AvgIpc) is 2.48. The first kappa shape index (κ1) is 15.3. The topological polar surface area (TPSA) is 38.3 Å². The van der Waals surface area contributed by atoms with Crippen molar-refractivity contribution in [3.05, 3.63) is 64.7 Å². The highest BCUT2D eigenvalue weighted by molar-refractivity contribution is 6.33. The molecule has 0 spiro atoms. The highest BCUT2D eigenvalue weighted by Gasteiger charge is 2.23. The number of anilines is 1. The van der Waals surface area contributed by atoms with Gasteiger partial charge in [0.05, 0.1) is 17.8 Å². The molecule has 1 atom stereocenters. The number of carbonyl (C=O) groups excluding carboxylic acids is 1. The summed E-state index contributed by atoms with van der Waals surface area (Å²) in [5, 5.41) is 3.26. The maximum atomic E-state index is 13.3. The van der Waals surface area contributed by atoms with E-state index in [-0.39, 0.29) is 5.56 Å². The van der Waals surface area contributed by atoms with Gasteiger partial charge in [-0.05, 0) is 29.8 Å². The van der Waals surface area contributed by atoms with Gasteiger partial charge in [0, 0.05) is 0 Å². The van der Waals surface area contributed by atoms with E-state index in [4.69, 9.17) is 11.6 Å². The van der Waals surface area contributed by atoms with Crippen LogP contribution >= 0.6 is 11.6 Å². The van der Waals surface area contributed by atoms with Crippen molar-refractivity contribution in [3.8, 4) is 0 Å². The summed E-state index contributed by atoms with van der Waals surface area (Å²) in [4.78, 5) is 11.9. The van der Waals surface area contributed by atoms with E-state index in [0.29, 0.717) is 10.7 Å². The Morgan fingerprint density at radius 2 is 1.90 bits per heavy atom. The summed E-state index contributed by atoms with van der Waals surface area (Å²) in [5.74, 6) is -2.66. The average molecular weight is 312 g/mol. The van der Waals surface area contributed by atoms with Crippen molar-refractivity contribution in [2.75, 3.05) is 12.4 Å². The first-order valence-corrected chi connectivity index (χ1v) is 6.44. The van der Waals surface area contributed by atoms with Gasteiger partial charge >= 0.3 is 5.97 Å². The van der Waals surface area contributed by atoms with E-state index in [9.17, 15) is 13.6 Å². The van der Waals surface area contributed by atoms with Gasteiger partial charge in [0.25, 0.3) is 0 Å². The van der Waals surface area contributed by atoms with Crippen LogP contribution in [0.5, 0.6) is 0 Å². The summed E-state index contributed by atoms with van der Waals surface area (Å²) in [6.45, 7) is 0. The van der Waals surface area contributed by atoms with Gasteiger partial charge in [0.15, 0.2) is 17.7 Å². The van der Waals surface area contributed by atoms with E-state index in [2.05, 4.69) is 10.1 Å². The van der Waals surface area contributed by atoms with E-state index >= 15 is 0 Å². The molecule has 0 saturated heterocycles. The highest BCUT2D eigenvalue weighted by Crippen LogP contribution is 2.27. The number of benzene rings is 2. The Balaban J connectivity index is 2.37. The maximum absolute atomic E-state index is 13.3. The number of esters is 1. The molecule has 2 aromatic carbocycles. The zero-order chi connectivity index (χ0) is 15.4. The monoisotopic (exact) mass is 311 g/mol.